The largest absolute Gasteiger partial charge is 0.480 e. The van der Waals surface area contributed by atoms with Gasteiger partial charge in [-0.3, -0.25) is 9.78 Å². The van der Waals surface area contributed by atoms with Crippen LogP contribution in [0, 0.1) is 25.2 Å². The minimum Gasteiger partial charge on any atom is -0.480 e. The summed E-state index contributed by atoms with van der Waals surface area (Å²) in [5.41, 5.74) is 1.90. The first-order chi connectivity index (χ1) is 17.2. The molecule has 1 atom stereocenters. The molecular weight excluding hydrogens is 482 g/mol. The third kappa shape index (κ3) is 4.39. The highest BCUT2D eigenvalue weighted by molar-refractivity contribution is 6.37. The van der Waals surface area contributed by atoms with Crippen LogP contribution in [-0.2, 0) is 11.8 Å². The van der Waals surface area contributed by atoms with Crippen molar-refractivity contribution in [1.82, 2.24) is 14.0 Å². The average molecular weight is 506 g/mol. The summed E-state index contributed by atoms with van der Waals surface area (Å²) in [6.07, 6.45) is -0.274. The zero-order valence-electron chi connectivity index (χ0n) is 20.2. The lowest BCUT2D eigenvalue weighted by Gasteiger charge is -2.19. The third-order valence-electron chi connectivity index (χ3n) is 5.91. The Morgan fingerprint density at radius 1 is 1.22 bits per heavy atom. The molecular formula is C26H24ClN5O4. The van der Waals surface area contributed by atoms with Crippen molar-refractivity contribution >= 4 is 28.8 Å². The molecule has 184 valence electrons. The van der Waals surface area contributed by atoms with Gasteiger partial charge in [-0.1, -0.05) is 48.4 Å². The number of aryl methyl sites for hydroxylation is 2. The third-order valence-corrected chi connectivity index (χ3v) is 6.28. The molecule has 0 saturated heterocycles. The fourth-order valence-electron chi connectivity index (χ4n) is 4.02. The molecule has 4 rings (SSSR count). The fraction of sp³-hybridized carbons (Fsp3) is 0.231. The molecule has 0 bridgehead atoms. The number of anilines is 1. The number of nitrogens with zero attached hydrogens (tertiary/aromatic N) is 3. The normalized spacial score (nSPS) is 11.8. The number of carbonyl (C=O) groups excluding carboxylic acids is 1. The Morgan fingerprint density at radius 2 is 1.97 bits per heavy atom. The number of nitriles is 1. The van der Waals surface area contributed by atoms with Gasteiger partial charge in [0.1, 0.15) is 23.2 Å². The van der Waals surface area contributed by atoms with E-state index in [1.54, 1.807) is 24.3 Å². The van der Waals surface area contributed by atoms with Gasteiger partial charge in [-0.25, -0.2) is 18.6 Å². The number of hydrogen-bond acceptors (Lipinski definition) is 5. The lowest BCUT2D eigenvalue weighted by Crippen LogP contribution is -2.37. The maximum Gasteiger partial charge on any atom is 0.338 e. The first-order valence-corrected chi connectivity index (χ1v) is 11.6. The molecule has 0 aliphatic heterocycles. The second-order valence-corrected chi connectivity index (χ2v) is 8.84. The number of aromatic amines is 1. The zero-order chi connectivity index (χ0) is 26.1. The second kappa shape index (κ2) is 9.76. The van der Waals surface area contributed by atoms with Crippen LogP contribution < -0.4 is 21.4 Å². The Balaban J connectivity index is 1.69. The molecule has 2 N–H and O–H groups in total. The number of ether oxygens (including phenoxy) is 1. The number of benzene rings is 2. The number of aromatic nitrogens is 3. The number of hydrogen-bond donors (Lipinski definition) is 2. The van der Waals surface area contributed by atoms with Crippen molar-refractivity contribution in [2.75, 3.05) is 5.32 Å². The first kappa shape index (κ1) is 24.8. The van der Waals surface area contributed by atoms with E-state index in [-0.39, 0.29) is 27.8 Å². The molecule has 1 unspecified atom stereocenters. The molecule has 36 heavy (non-hydrogen) atoms. The van der Waals surface area contributed by atoms with E-state index in [9.17, 15) is 19.6 Å². The van der Waals surface area contributed by atoms with Crippen molar-refractivity contribution in [2.45, 2.75) is 33.3 Å². The quantitative estimate of drug-likeness (QED) is 0.411. The van der Waals surface area contributed by atoms with Crippen LogP contribution in [-0.4, -0.2) is 26.0 Å². The van der Waals surface area contributed by atoms with E-state index in [1.807, 2.05) is 45.0 Å². The van der Waals surface area contributed by atoms with Crippen molar-refractivity contribution in [1.29, 1.82) is 5.26 Å². The number of fused-ring (bicyclic) bond motifs is 1. The molecule has 0 fully saturated rings. The monoisotopic (exact) mass is 505 g/mol. The predicted molar refractivity (Wildman–Crippen MR) is 138 cm³/mol. The van der Waals surface area contributed by atoms with Crippen LogP contribution in [0.25, 0.3) is 16.8 Å². The topological polar surface area (TPSA) is 121 Å². The Morgan fingerprint density at radius 3 is 2.64 bits per heavy atom. The Bertz CT molecular complexity index is 1660. The maximum atomic E-state index is 13.0. The van der Waals surface area contributed by atoms with Crippen molar-refractivity contribution in [3.63, 3.8) is 0 Å². The van der Waals surface area contributed by atoms with Crippen molar-refractivity contribution < 1.29 is 9.53 Å². The highest BCUT2D eigenvalue weighted by Gasteiger charge is 2.23. The van der Waals surface area contributed by atoms with Gasteiger partial charge >= 0.3 is 11.4 Å². The summed E-state index contributed by atoms with van der Waals surface area (Å²) in [6, 6.07) is 14.5. The van der Waals surface area contributed by atoms with Gasteiger partial charge in [-0.15, -0.1) is 0 Å². The van der Waals surface area contributed by atoms with Crippen LogP contribution in [0.4, 0.5) is 5.69 Å². The van der Waals surface area contributed by atoms with E-state index < -0.39 is 17.5 Å². The molecule has 2 aromatic carbocycles. The minimum absolute atomic E-state index is 0.0265. The molecule has 1 amide bonds. The first-order valence-electron chi connectivity index (χ1n) is 11.2. The number of nitrogens with one attached hydrogen (secondary N) is 2. The summed E-state index contributed by atoms with van der Waals surface area (Å²) in [6.45, 7) is 5.77. The second-order valence-electron chi connectivity index (χ2n) is 8.46. The number of H-pyrrole nitrogens is 1. The SMILES string of the molecule is CCC(Oc1ccc(C)cc1C)C(=O)Nc1cccc(-c2c(Cl)c3[nH]c(=O)n(C)c(=O)n3c2C#N)c1. The predicted octanol–water partition coefficient (Wildman–Crippen LogP) is 3.93. The molecule has 10 heteroatoms. The van der Waals surface area contributed by atoms with Crippen LogP contribution >= 0.6 is 11.6 Å². The lowest BCUT2D eigenvalue weighted by molar-refractivity contribution is -0.122. The number of carbonyl (C=O) groups is 1. The van der Waals surface area contributed by atoms with Crippen LogP contribution in [0.3, 0.4) is 0 Å². The highest BCUT2D eigenvalue weighted by atomic mass is 35.5. The van der Waals surface area contributed by atoms with E-state index in [0.717, 1.165) is 20.1 Å². The minimum atomic E-state index is -0.724. The Hall–Kier alpha value is -4.29. The van der Waals surface area contributed by atoms with E-state index in [2.05, 4.69) is 10.3 Å². The van der Waals surface area contributed by atoms with E-state index in [0.29, 0.717) is 23.4 Å². The zero-order valence-corrected chi connectivity index (χ0v) is 20.9. The number of rotatable bonds is 6. The molecule has 4 aromatic rings. The van der Waals surface area contributed by atoms with E-state index in [4.69, 9.17) is 16.3 Å². The summed E-state index contributed by atoms with van der Waals surface area (Å²) in [4.78, 5) is 40.3. The summed E-state index contributed by atoms with van der Waals surface area (Å²) in [7, 11) is 1.30. The fourth-order valence-corrected chi connectivity index (χ4v) is 4.35. The lowest BCUT2D eigenvalue weighted by atomic mass is 10.1. The van der Waals surface area contributed by atoms with Gasteiger partial charge in [0.2, 0.25) is 0 Å². The van der Waals surface area contributed by atoms with Gasteiger partial charge in [0.05, 0.1) is 5.02 Å². The Kier molecular flexibility index (Phi) is 6.73. The van der Waals surface area contributed by atoms with Gasteiger partial charge in [-0.05, 0) is 49.6 Å². The summed E-state index contributed by atoms with van der Waals surface area (Å²) >= 11 is 6.52. The van der Waals surface area contributed by atoms with Crippen LogP contribution in [0.2, 0.25) is 5.02 Å². The van der Waals surface area contributed by atoms with Gasteiger partial charge in [0.15, 0.2) is 6.10 Å². The Labute approximate surface area is 211 Å². The van der Waals surface area contributed by atoms with Gasteiger partial charge < -0.3 is 10.1 Å². The standard InChI is InChI=1S/C26H24ClN5O4/c1-5-19(36-20-10-9-14(2)11-15(20)3)24(33)29-17-8-6-7-16(12-17)21-18(13-28)32-23(22(21)27)30-25(34)31(4)26(32)35/h6-12,19H,5H2,1-4H3,(H,29,33)(H,30,34). The van der Waals surface area contributed by atoms with Gasteiger partial charge in [0.25, 0.3) is 5.91 Å². The van der Waals surface area contributed by atoms with E-state index >= 15 is 0 Å². The molecule has 0 saturated carbocycles. The van der Waals surface area contributed by atoms with Crippen molar-refractivity contribution in [3.05, 3.63) is 85.3 Å². The van der Waals surface area contributed by atoms with E-state index in [1.165, 1.54) is 7.05 Å². The molecule has 2 heterocycles. The van der Waals surface area contributed by atoms with Gasteiger partial charge in [0, 0.05) is 18.3 Å². The molecule has 0 aliphatic rings. The smallest absolute Gasteiger partial charge is 0.338 e. The number of halogens is 1. The summed E-state index contributed by atoms with van der Waals surface area (Å²) in [5.74, 6) is 0.305. The van der Waals surface area contributed by atoms with Gasteiger partial charge in [-0.2, -0.15) is 5.26 Å². The van der Waals surface area contributed by atoms with Crippen LogP contribution in [0.1, 0.15) is 30.2 Å². The molecule has 0 spiro atoms. The summed E-state index contributed by atoms with van der Waals surface area (Å²) in [5, 5.41) is 12.7. The van der Waals surface area contributed by atoms with Crippen LogP contribution in [0.15, 0.2) is 52.1 Å². The van der Waals surface area contributed by atoms with Crippen molar-refractivity contribution in [2.24, 2.45) is 7.05 Å². The molecule has 2 aromatic heterocycles. The maximum absolute atomic E-state index is 13.0. The van der Waals surface area contributed by atoms with Crippen molar-refractivity contribution in [3.8, 4) is 22.9 Å². The number of amides is 1. The molecule has 0 aliphatic carbocycles. The molecule has 0 radical (unpaired) electrons. The highest BCUT2D eigenvalue weighted by Crippen LogP contribution is 2.36. The molecule has 9 nitrogen and oxygen atoms in total. The summed E-state index contributed by atoms with van der Waals surface area (Å²) < 4.78 is 7.90. The van der Waals surface area contributed by atoms with Crippen LogP contribution in [0.5, 0.6) is 5.75 Å². The average Bonchev–Trinajstić information content (AvgIpc) is 3.13.